The number of nitrogens with zero attached hydrogens (tertiary/aromatic N) is 2. The van der Waals surface area contributed by atoms with Gasteiger partial charge in [-0.05, 0) is 36.4 Å². The number of hydrogen-bond donors (Lipinski definition) is 0. The molecule has 0 saturated carbocycles. The third kappa shape index (κ3) is 3.90. The highest BCUT2D eigenvalue weighted by Crippen LogP contribution is 2.30. The van der Waals surface area contributed by atoms with Crippen molar-refractivity contribution >= 4 is 23.2 Å². The molecule has 0 radical (unpaired) electrons. The van der Waals surface area contributed by atoms with Gasteiger partial charge in [0.2, 0.25) is 0 Å². The zero-order chi connectivity index (χ0) is 18.0. The minimum Gasteiger partial charge on any atom is -0.368 e. The first-order valence-corrected chi connectivity index (χ1v) is 8.20. The van der Waals surface area contributed by atoms with E-state index >= 15 is 0 Å². The van der Waals surface area contributed by atoms with Crippen molar-refractivity contribution < 1.29 is 18.0 Å². The van der Waals surface area contributed by atoms with E-state index < -0.39 is 11.7 Å². The van der Waals surface area contributed by atoms with E-state index in [1.54, 1.807) is 29.2 Å². The molecule has 132 valence electrons. The maximum atomic E-state index is 12.6. The molecule has 7 heteroatoms. The summed E-state index contributed by atoms with van der Waals surface area (Å²) in [5.74, 6) is -0.127. The Bertz CT molecular complexity index is 754. The number of alkyl halides is 3. The minimum atomic E-state index is -4.33. The van der Waals surface area contributed by atoms with Gasteiger partial charge in [-0.25, -0.2) is 0 Å². The van der Waals surface area contributed by atoms with E-state index in [9.17, 15) is 18.0 Å². The van der Waals surface area contributed by atoms with Gasteiger partial charge in [-0.3, -0.25) is 4.79 Å². The molecule has 1 saturated heterocycles. The Hall–Kier alpha value is -2.21. The van der Waals surface area contributed by atoms with Crippen LogP contribution in [0.2, 0.25) is 5.02 Å². The Morgan fingerprint density at radius 2 is 1.52 bits per heavy atom. The van der Waals surface area contributed by atoms with E-state index in [1.807, 2.05) is 4.90 Å². The van der Waals surface area contributed by atoms with Crippen molar-refractivity contribution in [1.82, 2.24) is 4.90 Å². The van der Waals surface area contributed by atoms with Crippen molar-refractivity contribution in [3.63, 3.8) is 0 Å². The number of benzene rings is 2. The molecule has 25 heavy (non-hydrogen) atoms. The number of piperazine rings is 1. The van der Waals surface area contributed by atoms with Gasteiger partial charge in [0.05, 0.1) is 16.1 Å². The number of carbonyl (C=O) groups is 1. The molecule has 1 aliphatic rings. The molecule has 0 atom stereocenters. The van der Waals surface area contributed by atoms with Crippen LogP contribution in [0, 0.1) is 0 Å². The Labute approximate surface area is 148 Å². The Kier molecular flexibility index (Phi) is 4.90. The SMILES string of the molecule is O=C(c1ccccc1Cl)N1CCN(c2ccc(C(F)(F)F)cc2)CC1. The van der Waals surface area contributed by atoms with Gasteiger partial charge in [0.15, 0.2) is 0 Å². The monoisotopic (exact) mass is 368 g/mol. The summed E-state index contributed by atoms with van der Waals surface area (Å²) in [6.07, 6.45) is -4.33. The van der Waals surface area contributed by atoms with E-state index in [0.717, 1.165) is 17.8 Å². The zero-order valence-electron chi connectivity index (χ0n) is 13.3. The van der Waals surface area contributed by atoms with Crippen molar-refractivity contribution in [1.29, 1.82) is 0 Å². The van der Waals surface area contributed by atoms with Crippen LogP contribution in [0.5, 0.6) is 0 Å². The predicted octanol–water partition coefficient (Wildman–Crippen LogP) is 4.32. The fraction of sp³-hybridized carbons (Fsp3) is 0.278. The molecular weight excluding hydrogens is 353 g/mol. The fourth-order valence-corrected chi connectivity index (χ4v) is 3.05. The van der Waals surface area contributed by atoms with Crippen LogP contribution >= 0.6 is 11.6 Å². The van der Waals surface area contributed by atoms with Crippen molar-refractivity contribution in [2.24, 2.45) is 0 Å². The second-order valence-corrected chi connectivity index (χ2v) is 6.21. The summed E-state index contributed by atoms with van der Waals surface area (Å²) in [6.45, 7) is 2.10. The molecule has 1 aliphatic heterocycles. The van der Waals surface area contributed by atoms with Crippen LogP contribution in [-0.2, 0) is 6.18 Å². The molecule has 0 bridgehead atoms. The highest BCUT2D eigenvalue weighted by molar-refractivity contribution is 6.33. The molecule has 3 rings (SSSR count). The van der Waals surface area contributed by atoms with E-state index in [1.165, 1.54) is 12.1 Å². The lowest BCUT2D eigenvalue weighted by Crippen LogP contribution is -2.48. The topological polar surface area (TPSA) is 23.6 Å². The largest absolute Gasteiger partial charge is 0.416 e. The number of amides is 1. The summed E-state index contributed by atoms with van der Waals surface area (Å²) in [5.41, 5.74) is 0.522. The number of halogens is 4. The number of hydrogen-bond acceptors (Lipinski definition) is 2. The molecule has 1 heterocycles. The maximum Gasteiger partial charge on any atom is 0.416 e. The predicted molar refractivity (Wildman–Crippen MR) is 91.0 cm³/mol. The van der Waals surface area contributed by atoms with Crippen molar-refractivity contribution in [3.05, 3.63) is 64.7 Å². The van der Waals surface area contributed by atoms with Gasteiger partial charge >= 0.3 is 6.18 Å². The lowest BCUT2D eigenvalue weighted by Gasteiger charge is -2.36. The van der Waals surface area contributed by atoms with Crippen LogP contribution in [-0.4, -0.2) is 37.0 Å². The standard InChI is InChI=1S/C18H16ClF3N2O/c19-16-4-2-1-3-15(16)17(25)24-11-9-23(10-12-24)14-7-5-13(6-8-14)18(20,21)22/h1-8H,9-12H2. The lowest BCUT2D eigenvalue weighted by molar-refractivity contribution is -0.137. The quantitative estimate of drug-likeness (QED) is 0.788. The van der Waals surface area contributed by atoms with Gasteiger partial charge in [0.25, 0.3) is 5.91 Å². The van der Waals surface area contributed by atoms with E-state index in [2.05, 4.69) is 0 Å². The Morgan fingerprint density at radius 3 is 2.08 bits per heavy atom. The van der Waals surface area contributed by atoms with E-state index in [4.69, 9.17) is 11.6 Å². The van der Waals surface area contributed by atoms with Crippen molar-refractivity contribution in [3.8, 4) is 0 Å². The highest BCUT2D eigenvalue weighted by atomic mass is 35.5. The van der Waals surface area contributed by atoms with Gasteiger partial charge in [-0.1, -0.05) is 23.7 Å². The normalized spacial score (nSPS) is 15.4. The summed E-state index contributed by atoms with van der Waals surface area (Å²) in [6, 6.07) is 12.0. The average molecular weight is 369 g/mol. The summed E-state index contributed by atoms with van der Waals surface area (Å²) < 4.78 is 37.9. The maximum absolute atomic E-state index is 12.6. The van der Waals surface area contributed by atoms with Gasteiger partial charge in [0.1, 0.15) is 0 Å². The van der Waals surface area contributed by atoms with Crippen molar-refractivity contribution in [2.45, 2.75) is 6.18 Å². The summed E-state index contributed by atoms with van der Waals surface area (Å²) in [4.78, 5) is 16.2. The van der Waals surface area contributed by atoms with Crippen LogP contribution in [0.3, 0.4) is 0 Å². The second-order valence-electron chi connectivity index (χ2n) is 5.80. The molecule has 0 spiro atoms. The lowest BCUT2D eigenvalue weighted by atomic mass is 10.1. The smallest absolute Gasteiger partial charge is 0.368 e. The average Bonchev–Trinajstić information content (AvgIpc) is 2.61. The van der Waals surface area contributed by atoms with E-state index in [-0.39, 0.29) is 5.91 Å². The van der Waals surface area contributed by atoms with Gasteiger partial charge in [-0.15, -0.1) is 0 Å². The molecule has 2 aromatic rings. The first-order chi connectivity index (χ1) is 11.9. The van der Waals surface area contributed by atoms with Crippen molar-refractivity contribution in [2.75, 3.05) is 31.1 Å². The first-order valence-electron chi connectivity index (χ1n) is 7.82. The van der Waals surface area contributed by atoms with Gasteiger partial charge in [0, 0.05) is 31.9 Å². The Morgan fingerprint density at radius 1 is 0.920 bits per heavy atom. The molecular formula is C18H16ClF3N2O. The summed E-state index contributed by atoms with van der Waals surface area (Å²) >= 11 is 6.06. The zero-order valence-corrected chi connectivity index (χ0v) is 14.0. The second kappa shape index (κ2) is 6.96. The number of rotatable bonds is 2. The molecule has 0 unspecified atom stereocenters. The summed E-state index contributed by atoms with van der Waals surface area (Å²) in [5, 5.41) is 0.415. The number of carbonyl (C=O) groups excluding carboxylic acids is 1. The minimum absolute atomic E-state index is 0.127. The van der Waals surface area contributed by atoms with Crippen LogP contribution in [0.1, 0.15) is 15.9 Å². The molecule has 2 aromatic carbocycles. The van der Waals surface area contributed by atoms with Crippen LogP contribution < -0.4 is 4.90 Å². The molecule has 0 aromatic heterocycles. The van der Waals surface area contributed by atoms with Crippen LogP contribution in [0.25, 0.3) is 0 Å². The summed E-state index contributed by atoms with van der Waals surface area (Å²) in [7, 11) is 0. The third-order valence-corrected chi connectivity index (χ3v) is 4.56. The van der Waals surface area contributed by atoms with E-state index in [0.29, 0.717) is 36.8 Å². The first kappa shape index (κ1) is 17.6. The fourth-order valence-electron chi connectivity index (χ4n) is 2.83. The van der Waals surface area contributed by atoms with Gasteiger partial charge in [-0.2, -0.15) is 13.2 Å². The third-order valence-electron chi connectivity index (χ3n) is 4.23. The van der Waals surface area contributed by atoms with Crippen LogP contribution in [0.4, 0.5) is 18.9 Å². The van der Waals surface area contributed by atoms with Crippen LogP contribution in [0.15, 0.2) is 48.5 Å². The van der Waals surface area contributed by atoms with Gasteiger partial charge < -0.3 is 9.80 Å². The molecule has 3 nitrogen and oxygen atoms in total. The Balaban J connectivity index is 1.64. The molecule has 0 N–H and O–H groups in total. The number of anilines is 1. The molecule has 0 aliphatic carbocycles. The molecule has 1 amide bonds. The highest BCUT2D eigenvalue weighted by Gasteiger charge is 2.30. The molecule has 1 fully saturated rings.